The molecule has 2 rings (SSSR count). The molecule has 150 valence electrons. The first-order valence-corrected chi connectivity index (χ1v) is 10.2. The van der Waals surface area contributed by atoms with Gasteiger partial charge in [-0.2, -0.15) is 0 Å². The summed E-state index contributed by atoms with van der Waals surface area (Å²) in [7, 11) is -2.68. The van der Waals surface area contributed by atoms with Gasteiger partial charge in [-0.05, 0) is 36.1 Å². The maximum absolute atomic E-state index is 12.3. The zero-order valence-electron chi connectivity index (χ0n) is 16.0. The summed E-state index contributed by atoms with van der Waals surface area (Å²) in [5.41, 5.74) is 1.42. The van der Waals surface area contributed by atoms with E-state index in [4.69, 9.17) is 14.6 Å². The molecule has 0 amide bonds. The molecule has 0 aromatic heterocycles. The topological polar surface area (TPSA) is 113 Å². The van der Waals surface area contributed by atoms with Gasteiger partial charge >= 0.3 is 5.97 Å². The number of hydrogen-bond donors (Lipinski definition) is 1. The number of hydrogen-bond acceptors (Lipinski definition) is 6. The van der Waals surface area contributed by atoms with E-state index in [1.165, 1.54) is 19.2 Å². The van der Waals surface area contributed by atoms with Gasteiger partial charge in [0.15, 0.2) is 12.4 Å². The lowest BCUT2D eigenvalue weighted by Crippen LogP contribution is -2.17. The van der Waals surface area contributed by atoms with Crippen molar-refractivity contribution >= 4 is 21.8 Å². The van der Waals surface area contributed by atoms with E-state index in [0.29, 0.717) is 11.5 Å². The molecule has 0 radical (unpaired) electrons. The molecule has 0 unspecified atom stereocenters. The summed E-state index contributed by atoms with van der Waals surface area (Å²) in [4.78, 5) is 24.4. The number of esters is 1. The molecular formula is C20H23NO6S. The molecule has 8 heteroatoms. The van der Waals surface area contributed by atoms with Crippen LogP contribution in [-0.4, -0.2) is 33.9 Å². The van der Waals surface area contributed by atoms with E-state index in [-0.39, 0.29) is 22.0 Å². The molecule has 0 aliphatic heterocycles. The number of Topliss-reactive ketones (excluding diaryl/α,β-unsaturated/α-hetero) is 1. The molecule has 7 nitrogen and oxygen atoms in total. The second kappa shape index (κ2) is 8.99. The van der Waals surface area contributed by atoms with Crippen LogP contribution in [-0.2, 0) is 14.8 Å². The van der Waals surface area contributed by atoms with E-state index in [1.54, 1.807) is 12.1 Å². The molecular weight excluding hydrogens is 382 g/mol. The van der Waals surface area contributed by atoms with E-state index in [9.17, 15) is 18.0 Å². The molecule has 0 aliphatic carbocycles. The van der Waals surface area contributed by atoms with Crippen molar-refractivity contribution in [3.63, 3.8) is 0 Å². The minimum absolute atomic E-state index is 0.114. The molecule has 2 aromatic carbocycles. The van der Waals surface area contributed by atoms with Gasteiger partial charge in [0.25, 0.3) is 0 Å². The van der Waals surface area contributed by atoms with E-state index in [1.807, 2.05) is 12.1 Å². The van der Waals surface area contributed by atoms with Crippen LogP contribution in [0.15, 0.2) is 47.4 Å². The third-order valence-corrected chi connectivity index (χ3v) is 5.38. The Balaban J connectivity index is 2.12. The Bertz CT molecular complexity index is 967. The predicted octanol–water partition coefficient (Wildman–Crippen LogP) is 2.90. The number of benzene rings is 2. The summed E-state index contributed by atoms with van der Waals surface area (Å²) in [5.74, 6) is -0.749. The van der Waals surface area contributed by atoms with E-state index >= 15 is 0 Å². The number of ketones is 1. The van der Waals surface area contributed by atoms with Crippen LogP contribution in [0, 0.1) is 0 Å². The lowest BCUT2D eigenvalue weighted by molar-refractivity contribution is 0.0471. The summed E-state index contributed by atoms with van der Waals surface area (Å²) >= 11 is 0. The fourth-order valence-corrected chi connectivity index (χ4v) is 3.09. The van der Waals surface area contributed by atoms with Crippen molar-refractivity contribution in [2.75, 3.05) is 13.7 Å². The summed E-state index contributed by atoms with van der Waals surface area (Å²) in [6.07, 6.45) is 0.990. The van der Waals surface area contributed by atoms with E-state index in [2.05, 4.69) is 13.8 Å². The fourth-order valence-electron chi connectivity index (χ4n) is 2.55. The van der Waals surface area contributed by atoms with Crippen molar-refractivity contribution in [2.45, 2.75) is 31.1 Å². The van der Waals surface area contributed by atoms with Crippen molar-refractivity contribution < 1.29 is 27.5 Å². The van der Waals surface area contributed by atoms with Crippen LogP contribution < -0.4 is 9.88 Å². The van der Waals surface area contributed by atoms with Crippen LogP contribution in [0.2, 0.25) is 0 Å². The third kappa shape index (κ3) is 5.17. The molecule has 0 fully saturated rings. The van der Waals surface area contributed by atoms with Crippen LogP contribution in [0.25, 0.3) is 0 Å². The summed E-state index contributed by atoms with van der Waals surface area (Å²) < 4.78 is 33.1. The van der Waals surface area contributed by atoms with Crippen LogP contribution in [0.3, 0.4) is 0 Å². The number of methoxy groups -OCH3 is 1. The first-order chi connectivity index (χ1) is 13.2. The smallest absolute Gasteiger partial charge is 0.342 e. The first kappa shape index (κ1) is 21.6. The second-order valence-corrected chi connectivity index (χ2v) is 7.90. The highest BCUT2D eigenvalue weighted by Gasteiger charge is 2.20. The van der Waals surface area contributed by atoms with Crippen LogP contribution in [0.5, 0.6) is 5.75 Å². The maximum Gasteiger partial charge on any atom is 0.342 e. The minimum Gasteiger partial charge on any atom is -0.496 e. The highest BCUT2D eigenvalue weighted by atomic mass is 32.2. The second-order valence-electron chi connectivity index (χ2n) is 6.34. The van der Waals surface area contributed by atoms with Gasteiger partial charge in [-0.25, -0.2) is 18.4 Å². The zero-order chi connectivity index (χ0) is 20.9. The van der Waals surface area contributed by atoms with Crippen LogP contribution in [0.1, 0.15) is 52.5 Å². The van der Waals surface area contributed by atoms with Crippen molar-refractivity contribution in [1.82, 2.24) is 0 Å². The quantitative estimate of drug-likeness (QED) is 0.534. The van der Waals surface area contributed by atoms with Crippen molar-refractivity contribution in [2.24, 2.45) is 5.14 Å². The Hall–Kier alpha value is -2.71. The average Bonchev–Trinajstić information content (AvgIpc) is 2.70. The van der Waals surface area contributed by atoms with Gasteiger partial charge in [0, 0.05) is 5.56 Å². The molecule has 1 atom stereocenters. The van der Waals surface area contributed by atoms with Crippen LogP contribution in [0.4, 0.5) is 0 Å². The highest BCUT2D eigenvalue weighted by Crippen LogP contribution is 2.23. The molecule has 0 saturated carbocycles. The molecule has 2 N–H and O–H groups in total. The normalized spacial score (nSPS) is 12.3. The maximum atomic E-state index is 12.3. The van der Waals surface area contributed by atoms with Gasteiger partial charge < -0.3 is 9.47 Å². The third-order valence-electron chi connectivity index (χ3n) is 4.47. The standard InChI is InChI=1S/C20H23NO6S/c1-4-13(2)14-5-7-15(8-6-14)18(22)12-27-20(23)17-11-16(28(21,24)25)9-10-19(17)26-3/h5-11,13H,4,12H2,1-3H3,(H2,21,24,25)/t13-/m1/s1. The fraction of sp³-hybridized carbons (Fsp3) is 0.300. The van der Waals surface area contributed by atoms with Gasteiger partial charge in [-0.3, -0.25) is 4.79 Å². The van der Waals surface area contributed by atoms with Crippen molar-refractivity contribution in [3.8, 4) is 5.75 Å². The van der Waals surface area contributed by atoms with Gasteiger partial charge in [-0.15, -0.1) is 0 Å². The van der Waals surface area contributed by atoms with Gasteiger partial charge in [0.2, 0.25) is 10.0 Å². The van der Waals surface area contributed by atoms with E-state index in [0.717, 1.165) is 18.1 Å². The molecule has 0 aliphatic rings. The first-order valence-electron chi connectivity index (χ1n) is 8.68. The lowest BCUT2D eigenvalue weighted by Gasteiger charge is -2.11. The highest BCUT2D eigenvalue weighted by molar-refractivity contribution is 7.89. The molecule has 0 saturated heterocycles. The van der Waals surface area contributed by atoms with Gasteiger partial charge in [-0.1, -0.05) is 38.1 Å². The number of nitrogens with two attached hydrogens (primary N) is 1. The SMILES string of the molecule is CC[C@@H](C)c1ccc(C(=O)COC(=O)c2cc(S(N)(=O)=O)ccc2OC)cc1. The number of carbonyl (C=O) groups is 2. The zero-order valence-corrected chi connectivity index (χ0v) is 16.8. The van der Waals surface area contributed by atoms with Gasteiger partial charge in [0.1, 0.15) is 11.3 Å². The van der Waals surface area contributed by atoms with Crippen molar-refractivity contribution in [3.05, 3.63) is 59.2 Å². The molecule has 0 spiro atoms. The molecule has 28 heavy (non-hydrogen) atoms. The Kier molecular flexibility index (Phi) is 6.93. The largest absolute Gasteiger partial charge is 0.496 e. The summed E-state index contributed by atoms with van der Waals surface area (Å²) in [6, 6.07) is 10.7. The Morgan fingerprint density at radius 3 is 2.29 bits per heavy atom. The molecule has 2 aromatic rings. The van der Waals surface area contributed by atoms with Gasteiger partial charge in [0.05, 0.1) is 12.0 Å². The van der Waals surface area contributed by atoms with Crippen LogP contribution >= 0.6 is 0 Å². The molecule has 0 heterocycles. The summed E-state index contributed by atoms with van der Waals surface area (Å²) in [5, 5.41) is 5.08. The number of sulfonamides is 1. The number of ether oxygens (including phenoxy) is 2. The monoisotopic (exact) mass is 405 g/mol. The number of rotatable bonds is 8. The average molecular weight is 405 g/mol. The number of primary sulfonamides is 1. The minimum atomic E-state index is -4.00. The molecule has 0 bridgehead atoms. The van der Waals surface area contributed by atoms with Crippen molar-refractivity contribution in [1.29, 1.82) is 0 Å². The summed E-state index contributed by atoms with van der Waals surface area (Å²) in [6.45, 7) is 3.70. The Labute approximate surface area is 164 Å². The Morgan fingerprint density at radius 1 is 1.11 bits per heavy atom. The predicted molar refractivity (Wildman–Crippen MR) is 104 cm³/mol. The van der Waals surface area contributed by atoms with E-state index < -0.39 is 22.6 Å². The lowest BCUT2D eigenvalue weighted by atomic mass is 9.97. The Morgan fingerprint density at radius 2 is 1.75 bits per heavy atom. The number of carbonyl (C=O) groups excluding carboxylic acids is 2.